The molecule has 9 aromatic carbocycles. The van der Waals surface area contributed by atoms with E-state index in [1.807, 2.05) is 12.3 Å². The molecule has 1 spiro atoms. The summed E-state index contributed by atoms with van der Waals surface area (Å²) in [6, 6.07) is 74.1. The van der Waals surface area contributed by atoms with Crippen LogP contribution < -0.4 is 4.90 Å². The van der Waals surface area contributed by atoms with Crippen molar-refractivity contribution >= 4 is 49.5 Å². The first kappa shape index (κ1) is 35.6. The van der Waals surface area contributed by atoms with E-state index in [1.165, 1.54) is 120 Å². The van der Waals surface area contributed by atoms with Gasteiger partial charge in [-0.2, -0.15) is 0 Å². The summed E-state index contributed by atoms with van der Waals surface area (Å²) in [6.45, 7) is 0. The second-order valence-corrected chi connectivity index (χ2v) is 16.9. The van der Waals surface area contributed by atoms with Crippen LogP contribution in [0.3, 0.4) is 0 Å². The minimum Gasteiger partial charge on any atom is -0.295 e. The first-order chi connectivity index (χ1) is 30.3. The predicted octanol–water partition coefficient (Wildman–Crippen LogP) is 16.2. The summed E-state index contributed by atoms with van der Waals surface area (Å²) >= 11 is 0. The largest absolute Gasteiger partial charge is 0.295 e. The topological polar surface area (TPSA) is 16.1 Å². The number of hydrogen-bond acceptors (Lipinski definition) is 2. The van der Waals surface area contributed by atoms with Crippen LogP contribution in [-0.2, 0) is 5.41 Å². The van der Waals surface area contributed by atoms with E-state index in [1.54, 1.807) is 0 Å². The zero-order valence-electron chi connectivity index (χ0n) is 34.1. The van der Waals surface area contributed by atoms with Crippen LogP contribution in [0.15, 0.2) is 206 Å². The van der Waals surface area contributed by atoms with Gasteiger partial charge in [0, 0.05) is 23.0 Å². The smallest absolute Gasteiger partial charge is 0.137 e. The van der Waals surface area contributed by atoms with Gasteiger partial charge in [0.1, 0.15) is 5.82 Å². The van der Waals surface area contributed by atoms with Gasteiger partial charge in [-0.25, -0.2) is 4.98 Å². The lowest BCUT2D eigenvalue weighted by molar-refractivity contribution is 0.353. The molecule has 0 atom stereocenters. The minimum atomic E-state index is 0.0508. The average molecular weight is 781 g/mol. The molecule has 0 amide bonds. The number of aromatic nitrogens is 1. The van der Waals surface area contributed by atoms with Gasteiger partial charge in [0.05, 0.1) is 0 Å². The lowest BCUT2D eigenvalue weighted by Gasteiger charge is -2.36. The van der Waals surface area contributed by atoms with Gasteiger partial charge in [-0.3, -0.25) is 4.90 Å². The van der Waals surface area contributed by atoms with Crippen LogP contribution in [0.4, 0.5) is 17.2 Å². The number of anilines is 3. The number of fused-ring (bicyclic) bond motifs is 11. The van der Waals surface area contributed by atoms with Crippen molar-refractivity contribution in [3.63, 3.8) is 0 Å². The van der Waals surface area contributed by atoms with Crippen LogP contribution in [0, 0.1) is 0 Å². The van der Waals surface area contributed by atoms with Crippen LogP contribution in [0.1, 0.15) is 43.2 Å². The summed E-state index contributed by atoms with van der Waals surface area (Å²) in [6.07, 6.45) is 8.13. The molecule has 290 valence electrons. The molecule has 2 aliphatic rings. The van der Waals surface area contributed by atoms with Gasteiger partial charge in [-0.05, 0) is 143 Å². The van der Waals surface area contributed by atoms with Crippen molar-refractivity contribution in [3.8, 4) is 44.5 Å². The van der Waals surface area contributed by atoms with E-state index in [4.69, 9.17) is 4.98 Å². The Labute approximate surface area is 357 Å². The minimum absolute atomic E-state index is 0.0508. The van der Waals surface area contributed by atoms with E-state index in [-0.39, 0.29) is 5.41 Å². The molecule has 2 heteroatoms. The van der Waals surface area contributed by atoms with Gasteiger partial charge >= 0.3 is 0 Å². The molecular formula is C59H44N2. The second-order valence-electron chi connectivity index (χ2n) is 16.9. The van der Waals surface area contributed by atoms with Gasteiger partial charge in [0.25, 0.3) is 0 Å². The van der Waals surface area contributed by atoms with E-state index in [0.29, 0.717) is 0 Å². The Hall–Kier alpha value is -7.29. The highest BCUT2D eigenvalue weighted by molar-refractivity contribution is 6.33. The fourth-order valence-corrected chi connectivity index (χ4v) is 11.1. The lowest BCUT2D eigenvalue weighted by Crippen LogP contribution is -2.28. The number of rotatable bonds is 6. The van der Waals surface area contributed by atoms with Gasteiger partial charge in [0.15, 0.2) is 0 Å². The van der Waals surface area contributed by atoms with Crippen LogP contribution in [0.5, 0.6) is 0 Å². The third-order valence-electron chi connectivity index (χ3n) is 13.7. The van der Waals surface area contributed by atoms with Crippen molar-refractivity contribution < 1.29 is 0 Å². The quantitative estimate of drug-likeness (QED) is 0.156. The molecule has 2 aliphatic carbocycles. The summed E-state index contributed by atoms with van der Waals surface area (Å²) in [5, 5.41) is 7.49. The molecule has 0 bridgehead atoms. The zero-order valence-corrected chi connectivity index (χ0v) is 34.1. The number of pyridine rings is 1. The Morgan fingerprint density at radius 1 is 0.377 bits per heavy atom. The average Bonchev–Trinajstić information content (AvgIpc) is 3.60. The molecule has 0 aliphatic heterocycles. The number of benzene rings is 9. The SMILES string of the molecule is c1ccc(-c2cc(-c3ccccc3)c3c4ccccc4c4cc(N(c5ccc6c(c5)C5(CCCCC5)c5ccccc5-6)c5ccccn5)ccc4c3c2-c2ccccc2)cc1. The molecule has 0 N–H and O–H groups in total. The van der Waals surface area contributed by atoms with Gasteiger partial charge in [0.2, 0.25) is 0 Å². The Morgan fingerprint density at radius 2 is 0.967 bits per heavy atom. The van der Waals surface area contributed by atoms with Crippen molar-refractivity contribution in [2.45, 2.75) is 37.5 Å². The summed E-state index contributed by atoms with van der Waals surface area (Å²) in [7, 11) is 0. The van der Waals surface area contributed by atoms with Crippen molar-refractivity contribution in [3.05, 3.63) is 218 Å². The maximum Gasteiger partial charge on any atom is 0.137 e. The van der Waals surface area contributed by atoms with Gasteiger partial charge in [-0.1, -0.05) is 177 Å². The van der Waals surface area contributed by atoms with E-state index in [2.05, 4.69) is 199 Å². The Bertz CT molecular complexity index is 3260. The molecule has 0 unspecified atom stereocenters. The highest BCUT2D eigenvalue weighted by Crippen LogP contribution is 2.57. The Kier molecular flexibility index (Phi) is 8.45. The summed E-state index contributed by atoms with van der Waals surface area (Å²) in [4.78, 5) is 7.41. The van der Waals surface area contributed by atoms with Crippen molar-refractivity contribution in [2.75, 3.05) is 4.90 Å². The first-order valence-corrected chi connectivity index (χ1v) is 21.8. The van der Waals surface area contributed by atoms with Gasteiger partial charge < -0.3 is 0 Å². The zero-order chi connectivity index (χ0) is 40.3. The summed E-state index contributed by atoms with van der Waals surface area (Å²) in [5.74, 6) is 0.905. The van der Waals surface area contributed by atoms with Crippen LogP contribution in [-0.4, -0.2) is 4.98 Å². The fourth-order valence-electron chi connectivity index (χ4n) is 11.1. The fraction of sp³-hybridized carbons (Fsp3) is 0.102. The van der Waals surface area contributed by atoms with Gasteiger partial charge in [-0.15, -0.1) is 0 Å². The molecule has 0 radical (unpaired) electrons. The molecule has 1 heterocycles. The Balaban J connectivity index is 1.16. The maximum atomic E-state index is 5.03. The highest BCUT2D eigenvalue weighted by atomic mass is 15.2. The molecule has 61 heavy (non-hydrogen) atoms. The van der Waals surface area contributed by atoms with E-state index >= 15 is 0 Å². The third kappa shape index (κ3) is 5.66. The molecule has 1 aromatic heterocycles. The van der Waals surface area contributed by atoms with E-state index in [9.17, 15) is 0 Å². The number of nitrogens with zero attached hydrogens (tertiary/aromatic N) is 2. The molecule has 1 fully saturated rings. The van der Waals surface area contributed by atoms with E-state index in [0.717, 1.165) is 17.2 Å². The summed E-state index contributed by atoms with van der Waals surface area (Å²) in [5.41, 5.74) is 15.4. The van der Waals surface area contributed by atoms with Crippen LogP contribution >= 0.6 is 0 Å². The van der Waals surface area contributed by atoms with Crippen LogP contribution in [0.25, 0.3) is 76.8 Å². The Morgan fingerprint density at radius 3 is 1.70 bits per heavy atom. The van der Waals surface area contributed by atoms with Crippen LogP contribution in [0.2, 0.25) is 0 Å². The predicted molar refractivity (Wildman–Crippen MR) is 257 cm³/mol. The molecule has 12 rings (SSSR count). The molecule has 10 aromatic rings. The van der Waals surface area contributed by atoms with Crippen molar-refractivity contribution in [2.24, 2.45) is 0 Å². The van der Waals surface area contributed by atoms with E-state index < -0.39 is 0 Å². The van der Waals surface area contributed by atoms with Crippen molar-refractivity contribution in [1.82, 2.24) is 4.98 Å². The molecule has 2 nitrogen and oxygen atoms in total. The highest BCUT2D eigenvalue weighted by Gasteiger charge is 2.44. The first-order valence-electron chi connectivity index (χ1n) is 21.8. The third-order valence-corrected chi connectivity index (χ3v) is 13.7. The maximum absolute atomic E-state index is 5.03. The standard InChI is InChI=1S/C59H44N2/c1-5-19-40(20-6-1)50-39-51(41-21-7-2-8-22-41)57-48-27-12-11-25-45(48)52-37-43(31-33-49(52)58(57)56(50)42-23-9-3-10-24-42)61(55-29-15-18-36-60-55)44-30-32-47-46-26-13-14-28-53(46)59(54(47)38-44)34-16-4-17-35-59/h1-3,5-15,18-33,36-39H,4,16-17,34-35H2. The second kappa shape index (κ2) is 14.5. The number of hydrogen-bond donors (Lipinski definition) is 0. The monoisotopic (exact) mass is 780 g/mol. The normalized spacial score (nSPS) is 14.0. The summed E-state index contributed by atoms with van der Waals surface area (Å²) < 4.78 is 0. The molecular weight excluding hydrogens is 737 g/mol. The van der Waals surface area contributed by atoms with Crippen molar-refractivity contribution in [1.29, 1.82) is 0 Å². The molecule has 1 saturated carbocycles. The lowest BCUT2D eigenvalue weighted by atomic mass is 9.68. The molecule has 0 saturated heterocycles.